The Kier molecular flexibility index (Phi) is 1.91. The molecule has 1 nitrogen and oxygen atoms in total. The Morgan fingerprint density at radius 1 is 1.67 bits per heavy atom. The van der Waals surface area contributed by atoms with Crippen molar-refractivity contribution < 1.29 is 5.11 Å². The molecule has 9 heavy (non-hydrogen) atoms. The summed E-state index contributed by atoms with van der Waals surface area (Å²) in [6.07, 6.45) is 2.43. The van der Waals surface area contributed by atoms with Gasteiger partial charge in [0.25, 0.3) is 0 Å². The van der Waals surface area contributed by atoms with Crippen LogP contribution < -0.4 is 0 Å². The van der Waals surface area contributed by atoms with Crippen molar-refractivity contribution >= 4 is 0 Å². The highest BCUT2D eigenvalue weighted by atomic mass is 16.3. The molecule has 0 heterocycles. The fourth-order valence-electron chi connectivity index (χ4n) is 1.48. The fourth-order valence-corrected chi connectivity index (χ4v) is 1.48. The SMILES string of the molecule is CC1=C(CO)[C@@H](C)CC1. The largest absolute Gasteiger partial charge is 0.392 e. The number of allylic oxidation sites excluding steroid dienone is 1. The van der Waals surface area contributed by atoms with Gasteiger partial charge in [0.15, 0.2) is 0 Å². The first-order valence-electron chi connectivity index (χ1n) is 3.55. The van der Waals surface area contributed by atoms with Crippen LogP contribution in [0.25, 0.3) is 0 Å². The second-order valence-corrected chi connectivity index (χ2v) is 2.90. The molecule has 0 unspecified atom stereocenters. The molecular weight excluding hydrogens is 112 g/mol. The van der Waals surface area contributed by atoms with E-state index in [1.165, 1.54) is 24.0 Å². The lowest BCUT2D eigenvalue weighted by Crippen LogP contribution is -1.97. The molecule has 1 atom stereocenters. The zero-order valence-corrected chi connectivity index (χ0v) is 6.15. The summed E-state index contributed by atoms with van der Waals surface area (Å²) in [5, 5.41) is 8.85. The maximum absolute atomic E-state index is 8.85. The molecule has 0 spiro atoms. The Bertz CT molecular complexity index is 136. The molecule has 1 N–H and O–H groups in total. The van der Waals surface area contributed by atoms with E-state index in [2.05, 4.69) is 13.8 Å². The third-order valence-corrected chi connectivity index (χ3v) is 2.27. The van der Waals surface area contributed by atoms with Crippen molar-refractivity contribution in [3.63, 3.8) is 0 Å². The molecule has 0 radical (unpaired) electrons. The molecule has 1 aliphatic carbocycles. The molecule has 0 aromatic heterocycles. The number of hydrogen-bond donors (Lipinski definition) is 1. The maximum Gasteiger partial charge on any atom is 0.0646 e. The van der Waals surface area contributed by atoms with Crippen LogP contribution in [0.5, 0.6) is 0 Å². The first-order chi connectivity index (χ1) is 4.25. The lowest BCUT2D eigenvalue weighted by Gasteiger charge is -2.04. The Hall–Kier alpha value is -0.300. The van der Waals surface area contributed by atoms with Crippen LogP contribution in [0.4, 0.5) is 0 Å². The summed E-state index contributed by atoms with van der Waals surface area (Å²) in [5.41, 5.74) is 2.68. The Morgan fingerprint density at radius 3 is 2.56 bits per heavy atom. The van der Waals surface area contributed by atoms with Gasteiger partial charge in [0.2, 0.25) is 0 Å². The van der Waals surface area contributed by atoms with Crippen molar-refractivity contribution in [1.82, 2.24) is 0 Å². The Balaban J connectivity index is 2.69. The summed E-state index contributed by atoms with van der Waals surface area (Å²) in [7, 11) is 0. The van der Waals surface area contributed by atoms with Gasteiger partial charge in [0, 0.05) is 0 Å². The van der Waals surface area contributed by atoms with E-state index in [0.29, 0.717) is 5.92 Å². The second-order valence-electron chi connectivity index (χ2n) is 2.90. The molecule has 0 aromatic rings. The van der Waals surface area contributed by atoms with Gasteiger partial charge in [0.05, 0.1) is 6.61 Å². The first kappa shape index (κ1) is 6.81. The van der Waals surface area contributed by atoms with Gasteiger partial charge >= 0.3 is 0 Å². The third kappa shape index (κ3) is 1.16. The zero-order valence-electron chi connectivity index (χ0n) is 6.15. The molecule has 0 fully saturated rings. The quantitative estimate of drug-likeness (QED) is 0.530. The molecule has 1 heteroatoms. The average molecular weight is 126 g/mol. The molecule has 1 rings (SSSR count). The average Bonchev–Trinajstić information content (AvgIpc) is 2.12. The van der Waals surface area contributed by atoms with Gasteiger partial charge in [0.1, 0.15) is 0 Å². The van der Waals surface area contributed by atoms with Crippen molar-refractivity contribution in [3.8, 4) is 0 Å². The smallest absolute Gasteiger partial charge is 0.0646 e. The van der Waals surface area contributed by atoms with Crippen molar-refractivity contribution in [2.45, 2.75) is 26.7 Å². The van der Waals surface area contributed by atoms with Crippen LogP contribution in [0.2, 0.25) is 0 Å². The van der Waals surface area contributed by atoms with E-state index >= 15 is 0 Å². The predicted octanol–water partition coefficient (Wildman–Crippen LogP) is 1.73. The highest BCUT2D eigenvalue weighted by molar-refractivity contribution is 5.20. The summed E-state index contributed by atoms with van der Waals surface area (Å²) in [5.74, 6) is 0.634. The lowest BCUT2D eigenvalue weighted by molar-refractivity contribution is 0.318. The highest BCUT2D eigenvalue weighted by Gasteiger charge is 2.17. The normalized spacial score (nSPS) is 27.7. The second kappa shape index (κ2) is 2.53. The van der Waals surface area contributed by atoms with Gasteiger partial charge in [-0.1, -0.05) is 12.5 Å². The molecule has 0 amide bonds. The first-order valence-corrected chi connectivity index (χ1v) is 3.55. The summed E-state index contributed by atoms with van der Waals surface area (Å²) >= 11 is 0. The molecular formula is C8H14O. The van der Waals surface area contributed by atoms with Crippen LogP contribution in [0.1, 0.15) is 26.7 Å². The van der Waals surface area contributed by atoms with E-state index in [1.54, 1.807) is 0 Å². The number of aliphatic hydroxyl groups excluding tert-OH is 1. The van der Waals surface area contributed by atoms with Gasteiger partial charge in [-0.15, -0.1) is 0 Å². The molecule has 0 saturated heterocycles. The Labute approximate surface area is 56.4 Å². The molecule has 0 aliphatic heterocycles. The van der Waals surface area contributed by atoms with Crippen molar-refractivity contribution in [3.05, 3.63) is 11.1 Å². The van der Waals surface area contributed by atoms with Gasteiger partial charge < -0.3 is 5.11 Å². The van der Waals surface area contributed by atoms with Crippen LogP contribution in [0.15, 0.2) is 11.1 Å². The van der Waals surface area contributed by atoms with Gasteiger partial charge in [-0.05, 0) is 31.3 Å². The van der Waals surface area contributed by atoms with E-state index in [4.69, 9.17) is 5.11 Å². The topological polar surface area (TPSA) is 20.2 Å². The van der Waals surface area contributed by atoms with Crippen LogP contribution in [0.3, 0.4) is 0 Å². The third-order valence-electron chi connectivity index (χ3n) is 2.27. The minimum Gasteiger partial charge on any atom is -0.392 e. The summed E-state index contributed by atoms with van der Waals surface area (Å²) < 4.78 is 0. The molecule has 0 saturated carbocycles. The number of hydrogen-bond acceptors (Lipinski definition) is 1. The van der Waals surface area contributed by atoms with Crippen molar-refractivity contribution in [2.75, 3.05) is 6.61 Å². The van der Waals surface area contributed by atoms with E-state index in [0.717, 1.165) is 0 Å². The van der Waals surface area contributed by atoms with E-state index in [-0.39, 0.29) is 6.61 Å². The Morgan fingerprint density at radius 2 is 2.33 bits per heavy atom. The van der Waals surface area contributed by atoms with E-state index in [9.17, 15) is 0 Å². The van der Waals surface area contributed by atoms with Crippen molar-refractivity contribution in [1.29, 1.82) is 0 Å². The van der Waals surface area contributed by atoms with Crippen molar-refractivity contribution in [2.24, 2.45) is 5.92 Å². The monoisotopic (exact) mass is 126 g/mol. The zero-order chi connectivity index (χ0) is 6.85. The minimum atomic E-state index is 0.271. The molecule has 1 aliphatic rings. The number of rotatable bonds is 1. The summed E-state index contributed by atoms with van der Waals surface area (Å²) in [6.45, 7) is 4.57. The van der Waals surface area contributed by atoms with E-state index < -0.39 is 0 Å². The van der Waals surface area contributed by atoms with Crippen LogP contribution >= 0.6 is 0 Å². The van der Waals surface area contributed by atoms with Crippen LogP contribution in [0, 0.1) is 5.92 Å². The molecule has 0 bridgehead atoms. The van der Waals surface area contributed by atoms with Gasteiger partial charge in [-0.3, -0.25) is 0 Å². The fraction of sp³-hybridized carbons (Fsp3) is 0.750. The van der Waals surface area contributed by atoms with Crippen LogP contribution in [-0.2, 0) is 0 Å². The maximum atomic E-state index is 8.85. The van der Waals surface area contributed by atoms with E-state index in [1.807, 2.05) is 0 Å². The summed E-state index contributed by atoms with van der Waals surface area (Å²) in [4.78, 5) is 0. The lowest BCUT2D eigenvalue weighted by atomic mass is 10.0. The summed E-state index contributed by atoms with van der Waals surface area (Å²) in [6, 6.07) is 0. The van der Waals surface area contributed by atoms with Crippen LogP contribution in [-0.4, -0.2) is 11.7 Å². The standard InChI is InChI=1S/C8H14O/c1-6-3-4-7(2)8(6)5-9/h6,9H,3-5H2,1-2H3/t6-/m0/s1. The molecule has 52 valence electrons. The van der Waals surface area contributed by atoms with Gasteiger partial charge in [-0.2, -0.15) is 0 Å². The number of aliphatic hydroxyl groups is 1. The highest BCUT2D eigenvalue weighted by Crippen LogP contribution is 2.30. The minimum absolute atomic E-state index is 0.271. The predicted molar refractivity (Wildman–Crippen MR) is 38.2 cm³/mol. The van der Waals surface area contributed by atoms with Gasteiger partial charge in [-0.25, -0.2) is 0 Å². The molecule has 0 aromatic carbocycles.